The van der Waals surface area contributed by atoms with Gasteiger partial charge in [0.15, 0.2) is 0 Å². The molecule has 106 valence electrons. The number of nitrogens with one attached hydrogen (secondary N) is 1. The van der Waals surface area contributed by atoms with Gasteiger partial charge < -0.3 is 10.2 Å². The van der Waals surface area contributed by atoms with E-state index in [2.05, 4.69) is 42.6 Å². The number of hydrogen-bond acceptors (Lipinski definition) is 3. The van der Waals surface area contributed by atoms with Gasteiger partial charge in [-0.15, -0.1) is 0 Å². The van der Waals surface area contributed by atoms with Crippen LogP contribution in [-0.4, -0.2) is 24.1 Å². The van der Waals surface area contributed by atoms with Crippen LogP contribution in [0.1, 0.15) is 33.4 Å². The summed E-state index contributed by atoms with van der Waals surface area (Å²) in [5.41, 5.74) is 2.03. The van der Waals surface area contributed by atoms with Crippen molar-refractivity contribution in [2.24, 2.45) is 0 Å². The van der Waals surface area contributed by atoms with E-state index < -0.39 is 0 Å². The Morgan fingerprint density at radius 2 is 2.05 bits per heavy atom. The van der Waals surface area contributed by atoms with Gasteiger partial charge in [-0.25, -0.2) is 4.98 Å². The summed E-state index contributed by atoms with van der Waals surface area (Å²) in [5.74, 6) is 0.915. The highest BCUT2D eigenvalue weighted by Crippen LogP contribution is 2.19. The van der Waals surface area contributed by atoms with Crippen molar-refractivity contribution in [3.05, 3.63) is 35.0 Å². The molecule has 1 rings (SSSR count). The molecule has 3 nitrogen and oxygen atoms in total. The quantitative estimate of drug-likeness (QED) is 0.836. The average molecular weight is 282 g/mol. The van der Waals surface area contributed by atoms with Crippen molar-refractivity contribution in [2.45, 2.75) is 39.8 Å². The predicted octanol–water partition coefficient (Wildman–Crippen LogP) is 3.64. The lowest BCUT2D eigenvalue weighted by Crippen LogP contribution is -2.35. The Hall–Kier alpha value is -1.06. The van der Waals surface area contributed by atoms with Crippen molar-refractivity contribution in [1.82, 2.24) is 10.3 Å². The fourth-order valence-corrected chi connectivity index (χ4v) is 1.82. The Morgan fingerprint density at radius 3 is 2.58 bits per heavy atom. The summed E-state index contributed by atoms with van der Waals surface area (Å²) in [4.78, 5) is 6.69. The molecular weight excluding hydrogens is 258 g/mol. The number of pyridine rings is 1. The largest absolute Gasteiger partial charge is 0.356 e. The lowest BCUT2D eigenvalue weighted by Gasteiger charge is -2.22. The molecule has 0 aliphatic carbocycles. The molecule has 0 fully saturated rings. The number of halogens is 1. The zero-order valence-electron chi connectivity index (χ0n) is 12.5. The maximum Gasteiger partial charge on any atom is 0.129 e. The molecule has 19 heavy (non-hydrogen) atoms. The van der Waals surface area contributed by atoms with E-state index in [1.54, 1.807) is 0 Å². The van der Waals surface area contributed by atoms with Gasteiger partial charge >= 0.3 is 0 Å². The van der Waals surface area contributed by atoms with Crippen LogP contribution in [0.15, 0.2) is 24.3 Å². The Labute approximate surface area is 121 Å². The molecule has 0 unspecified atom stereocenters. The summed E-state index contributed by atoms with van der Waals surface area (Å²) in [5, 5.41) is 4.10. The minimum absolute atomic E-state index is 0.0462. The number of hydrogen-bond donors (Lipinski definition) is 1. The topological polar surface area (TPSA) is 28.2 Å². The zero-order valence-corrected chi connectivity index (χ0v) is 13.3. The molecule has 1 heterocycles. The first kappa shape index (κ1) is 16.0. The van der Waals surface area contributed by atoms with E-state index in [0.29, 0.717) is 11.6 Å². The molecule has 1 aromatic rings. The van der Waals surface area contributed by atoms with E-state index in [1.165, 1.54) is 0 Å². The molecule has 0 aliphatic rings. The summed E-state index contributed by atoms with van der Waals surface area (Å²) < 4.78 is 0. The van der Waals surface area contributed by atoms with Gasteiger partial charge in [0.1, 0.15) is 5.82 Å². The van der Waals surface area contributed by atoms with Gasteiger partial charge in [-0.2, -0.15) is 0 Å². The summed E-state index contributed by atoms with van der Waals surface area (Å²) in [6.45, 7) is 13.8. The van der Waals surface area contributed by atoms with Crippen LogP contribution < -0.4 is 10.2 Å². The van der Waals surface area contributed by atoms with E-state index in [0.717, 1.165) is 23.6 Å². The standard InChI is InChI=1S/C15H24ClN3/c1-11(2)10-19(6)14-8-7-12(16)13(18-14)9-17-15(3,4)5/h7-8,17H,1,9-10H2,2-6H3. The van der Waals surface area contributed by atoms with Gasteiger partial charge in [-0.05, 0) is 39.8 Å². The molecule has 0 aliphatic heterocycles. The molecule has 1 N–H and O–H groups in total. The third-order valence-electron chi connectivity index (χ3n) is 2.59. The predicted molar refractivity (Wildman–Crippen MR) is 83.9 cm³/mol. The minimum atomic E-state index is 0.0462. The van der Waals surface area contributed by atoms with Gasteiger partial charge in [0.2, 0.25) is 0 Å². The molecule has 0 spiro atoms. The Morgan fingerprint density at radius 1 is 1.42 bits per heavy atom. The number of aromatic nitrogens is 1. The van der Waals surface area contributed by atoms with Crippen LogP contribution in [0.25, 0.3) is 0 Å². The number of nitrogens with zero attached hydrogens (tertiary/aromatic N) is 2. The fraction of sp³-hybridized carbons (Fsp3) is 0.533. The van der Waals surface area contributed by atoms with Crippen molar-refractivity contribution >= 4 is 17.4 Å². The first-order chi connectivity index (χ1) is 8.69. The summed E-state index contributed by atoms with van der Waals surface area (Å²) in [6, 6.07) is 3.84. The highest BCUT2D eigenvalue weighted by Gasteiger charge is 2.12. The molecule has 0 saturated carbocycles. The number of rotatable bonds is 5. The van der Waals surface area contributed by atoms with Crippen LogP contribution in [0, 0.1) is 0 Å². The van der Waals surface area contributed by atoms with Crippen molar-refractivity contribution in [2.75, 3.05) is 18.5 Å². The van der Waals surface area contributed by atoms with Crippen molar-refractivity contribution in [3.63, 3.8) is 0 Å². The smallest absolute Gasteiger partial charge is 0.129 e. The fourth-order valence-electron chi connectivity index (χ4n) is 1.64. The van der Waals surface area contributed by atoms with Crippen molar-refractivity contribution in [3.8, 4) is 0 Å². The zero-order chi connectivity index (χ0) is 14.6. The van der Waals surface area contributed by atoms with Crippen LogP contribution in [0.5, 0.6) is 0 Å². The van der Waals surface area contributed by atoms with Gasteiger partial charge in [-0.1, -0.05) is 23.8 Å². The van der Waals surface area contributed by atoms with Crippen LogP contribution in [-0.2, 0) is 6.54 Å². The molecule has 0 radical (unpaired) electrons. The third-order valence-corrected chi connectivity index (χ3v) is 2.93. The van der Waals surface area contributed by atoms with E-state index >= 15 is 0 Å². The van der Waals surface area contributed by atoms with Gasteiger partial charge in [0.25, 0.3) is 0 Å². The summed E-state index contributed by atoms with van der Waals surface area (Å²) in [7, 11) is 2.01. The lowest BCUT2D eigenvalue weighted by molar-refractivity contribution is 0.421. The van der Waals surface area contributed by atoms with E-state index in [9.17, 15) is 0 Å². The molecule has 0 aromatic carbocycles. The van der Waals surface area contributed by atoms with Crippen molar-refractivity contribution in [1.29, 1.82) is 0 Å². The summed E-state index contributed by atoms with van der Waals surface area (Å²) in [6.07, 6.45) is 0. The van der Waals surface area contributed by atoms with Crippen LogP contribution in [0.4, 0.5) is 5.82 Å². The maximum atomic E-state index is 6.20. The third kappa shape index (κ3) is 5.62. The van der Waals surface area contributed by atoms with Crippen LogP contribution >= 0.6 is 11.6 Å². The second kappa shape index (κ2) is 6.40. The van der Waals surface area contributed by atoms with Crippen LogP contribution in [0.2, 0.25) is 5.02 Å². The van der Waals surface area contributed by atoms with Gasteiger partial charge in [0, 0.05) is 25.7 Å². The lowest BCUT2D eigenvalue weighted by atomic mass is 10.1. The van der Waals surface area contributed by atoms with Gasteiger partial charge in [-0.3, -0.25) is 0 Å². The first-order valence-corrected chi connectivity index (χ1v) is 6.83. The minimum Gasteiger partial charge on any atom is -0.356 e. The Bertz CT molecular complexity index is 449. The molecule has 4 heteroatoms. The van der Waals surface area contributed by atoms with Crippen LogP contribution in [0.3, 0.4) is 0 Å². The molecule has 0 saturated heterocycles. The monoisotopic (exact) mass is 281 g/mol. The Balaban J connectivity index is 2.85. The molecule has 0 amide bonds. The SMILES string of the molecule is C=C(C)CN(C)c1ccc(Cl)c(CNC(C)(C)C)n1. The van der Waals surface area contributed by atoms with E-state index in [-0.39, 0.29) is 5.54 Å². The average Bonchev–Trinajstić information content (AvgIpc) is 2.25. The highest BCUT2D eigenvalue weighted by molar-refractivity contribution is 6.31. The molecule has 1 aromatic heterocycles. The molecule has 0 bridgehead atoms. The molecule has 0 atom stereocenters. The second-order valence-electron chi connectivity index (χ2n) is 6.01. The van der Waals surface area contributed by atoms with Gasteiger partial charge in [0.05, 0.1) is 10.7 Å². The maximum absolute atomic E-state index is 6.20. The highest BCUT2D eigenvalue weighted by atomic mass is 35.5. The molecular formula is C15H24ClN3. The van der Waals surface area contributed by atoms with E-state index in [4.69, 9.17) is 11.6 Å². The first-order valence-electron chi connectivity index (χ1n) is 6.45. The number of likely N-dealkylation sites (N-methyl/N-ethyl adjacent to an activating group) is 1. The summed E-state index contributed by atoms with van der Waals surface area (Å²) >= 11 is 6.20. The van der Waals surface area contributed by atoms with Crippen molar-refractivity contribution < 1.29 is 0 Å². The second-order valence-corrected chi connectivity index (χ2v) is 6.42. The van der Waals surface area contributed by atoms with E-state index in [1.807, 2.05) is 26.1 Å². The normalized spacial score (nSPS) is 11.5. The Kier molecular flexibility index (Phi) is 5.39. The number of anilines is 1.